The number of amides is 1. The quantitative estimate of drug-likeness (QED) is 0.547. The van der Waals surface area contributed by atoms with Crippen molar-refractivity contribution in [1.82, 2.24) is 15.2 Å². The number of hydrogen-bond donors (Lipinski definition) is 1. The Morgan fingerprint density at radius 1 is 1.11 bits per heavy atom. The molecule has 0 aliphatic rings. The molecule has 0 fully saturated rings. The zero-order valence-corrected chi connectivity index (χ0v) is 16.6. The molecule has 3 rings (SSSR count). The molecular weight excluding hydrogens is 352 g/mol. The average molecular weight is 376 g/mol. The zero-order chi connectivity index (χ0) is 20.3. The van der Waals surface area contributed by atoms with E-state index in [4.69, 9.17) is 0 Å². The van der Waals surface area contributed by atoms with Crippen LogP contribution in [0.25, 0.3) is 10.8 Å². The largest absolute Gasteiger partial charge is 0.292 e. The standard InChI is InChI=1S/C22H24N4O2/c1-5-10-26-22(28)19-9-7-6-8-18(19)20(25-26)21(27)24-23-13-17-12-15(3)14(2)11-16(17)4/h6-9,11-13H,5,10H2,1-4H3,(H,24,27)/b23-13-. The fraction of sp³-hybridized carbons (Fsp3) is 0.273. The second kappa shape index (κ2) is 8.17. The van der Waals surface area contributed by atoms with Crippen molar-refractivity contribution < 1.29 is 4.79 Å². The maximum absolute atomic E-state index is 12.7. The molecule has 144 valence electrons. The maximum atomic E-state index is 12.7. The molecule has 3 aromatic rings. The van der Waals surface area contributed by atoms with Crippen molar-refractivity contribution in [3.8, 4) is 0 Å². The van der Waals surface area contributed by atoms with Gasteiger partial charge in [-0.25, -0.2) is 10.1 Å². The molecule has 0 saturated carbocycles. The molecule has 0 aliphatic heterocycles. The van der Waals surface area contributed by atoms with Crippen LogP contribution in [-0.2, 0) is 6.54 Å². The fourth-order valence-electron chi connectivity index (χ4n) is 3.10. The van der Waals surface area contributed by atoms with E-state index in [-0.39, 0.29) is 11.3 Å². The molecule has 6 heteroatoms. The number of carbonyl (C=O) groups is 1. The van der Waals surface area contributed by atoms with Gasteiger partial charge >= 0.3 is 0 Å². The van der Waals surface area contributed by atoms with E-state index in [0.29, 0.717) is 17.3 Å². The summed E-state index contributed by atoms with van der Waals surface area (Å²) in [7, 11) is 0. The number of aryl methyl sites for hydroxylation is 4. The Hall–Kier alpha value is -3.28. The Bertz CT molecular complexity index is 1130. The van der Waals surface area contributed by atoms with Crippen LogP contribution in [0.1, 0.15) is 46.1 Å². The Kier molecular flexibility index (Phi) is 5.68. The number of benzene rings is 2. The molecule has 6 nitrogen and oxygen atoms in total. The average Bonchev–Trinajstić information content (AvgIpc) is 2.68. The van der Waals surface area contributed by atoms with Crippen LogP contribution in [0.2, 0.25) is 0 Å². The summed E-state index contributed by atoms with van der Waals surface area (Å²) in [4.78, 5) is 25.2. The van der Waals surface area contributed by atoms with Crippen molar-refractivity contribution in [2.75, 3.05) is 0 Å². The Morgan fingerprint density at radius 3 is 2.50 bits per heavy atom. The van der Waals surface area contributed by atoms with Crippen LogP contribution in [0.4, 0.5) is 0 Å². The summed E-state index contributed by atoms with van der Waals surface area (Å²) in [6.45, 7) is 8.52. The molecule has 1 aromatic heterocycles. The monoisotopic (exact) mass is 376 g/mol. The van der Waals surface area contributed by atoms with E-state index in [1.54, 1.807) is 30.5 Å². The third-order valence-electron chi connectivity index (χ3n) is 4.77. The molecule has 0 atom stereocenters. The number of hydrazone groups is 1. The molecule has 0 spiro atoms. The van der Waals surface area contributed by atoms with Gasteiger partial charge in [-0.3, -0.25) is 9.59 Å². The number of nitrogens with zero attached hydrogens (tertiary/aromatic N) is 3. The highest BCUT2D eigenvalue weighted by Gasteiger charge is 2.16. The van der Waals surface area contributed by atoms with Gasteiger partial charge in [0.1, 0.15) is 0 Å². The molecule has 0 unspecified atom stereocenters. The van der Waals surface area contributed by atoms with Crippen LogP contribution >= 0.6 is 0 Å². The summed E-state index contributed by atoms with van der Waals surface area (Å²) in [5, 5.41) is 9.38. The van der Waals surface area contributed by atoms with Crippen LogP contribution in [0.5, 0.6) is 0 Å². The molecule has 0 saturated heterocycles. The Balaban J connectivity index is 1.93. The lowest BCUT2D eigenvalue weighted by Gasteiger charge is -2.09. The van der Waals surface area contributed by atoms with Crippen molar-refractivity contribution in [2.24, 2.45) is 5.10 Å². The number of hydrogen-bond acceptors (Lipinski definition) is 4. The number of rotatable bonds is 5. The third-order valence-corrected chi connectivity index (χ3v) is 4.77. The number of carbonyl (C=O) groups excluding carboxylic acids is 1. The van der Waals surface area contributed by atoms with Crippen molar-refractivity contribution in [3.63, 3.8) is 0 Å². The van der Waals surface area contributed by atoms with E-state index >= 15 is 0 Å². The predicted molar refractivity (Wildman–Crippen MR) is 112 cm³/mol. The van der Waals surface area contributed by atoms with Crippen molar-refractivity contribution in [2.45, 2.75) is 40.7 Å². The van der Waals surface area contributed by atoms with Gasteiger partial charge in [-0.05, 0) is 61.6 Å². The SMILES string of the molecule is CCCn1nc(C(=O)N/N=C\c2cc(C)c(C)cc2C)c2ccccc2c1=O. The van der Waals surface area contributed by atoms with Gasteiger partial charge in [0.15, 0.2) is 5.69 Å². The maximum Gasteiger partial charge on any atom is 0.292 e. The van der Waals surface area contributed by atoms with Crippen LogP contribution in [0.3, 0.4) is 0 Å². The van der Waals surface area contributed by atoms with Crippen molar-refractivity contribution in [3.05, 3.63) is 74.7 Å². The molecule has 28 heavy (non-hydrogen) atoms. The highest BCUT2D eigenvalue weighted by atomic mass is 16.2. The van der Waals surface area contributed by atoms with Gasteiger partial charge in [-0.15, -0.1) is 0 Å². The fourth-order valence-corrected chi connectivity index (χ4v) is 3.10. The first-order chi connectivity index (χ1) is 13.4. The van der Waals surface area contributed by atoms with E-state index in [1.165, 1.54) is 10.2 Å². The second-order valence-electron chi connectivity index (χ2n) is 6.91. The van der Waals surface area contributed by atoms with Gasteiger partial charge in [0.2, 0.25) is 0 Å². The minimum atomic E-state index is -0.446. The smallest absolute Gasteiger partial charge is 0.267 e. The Morgan fingerprint density at radius 2 is 1.79 bits per heavy atom. The van der Waals surface area contributed by atoms with Gasteiger partial charge < -0.3 is 0 Å². The van der Waals surface area contributed by atoms with E-state index in [0.717, 1.165) is 23.1 Å². The van der Waals surface area contributed by atoms with Crippen molar-refractivity contribution >= 4 is 22.9 Å². The minimum absolute atomic E-state index is 0.191. The summed E-state index contributed by atoms with van der Waals surface area (Å²) in [5.74, 6) is -0.446. The minimum Gasteiger partial charge on any atom is -0.267 e. The topological polar surface area (TPSA) is 76.3 Å². The summed E-state index contributed by atoms with van der Waals surface area (Å²) >= 11 is 0. The molecule has 1 amide bonds. The molecule has 1 heterocycles. The van der Waals surface area contributed by atoms with E-state index < -0.39 is 5.91 Å². The lowest BCUT2D eigenvalue weighted by molar-refractivity contribution is 0.0949. The van der Waals surface area contributed by atoms with E-state index in [2.05, 4.69) is 28.6 Å². The highest BCUT2D eigenvalue weighted by Crippen LogP contribution is 2.15. The van der Waals surface area contributed by atoms with Crippen LogP contribution in [-0.4, -0.2) is 21.9 Å². The molecule has 0 radical (unpaired) electrons. The normalized spacial score (nSPS) is 11.3. The number of nitrogens with one attached hydrogen (secondary N) is 1. The molecule has 1 N–H and O–H groups in total. The first-order valence-corrected chi connectivity index (χ1v) is 9.33. The first-order valence-electron chi connectivity index (χ1n) is 9.33. The summed E-state index contributed by atoms with van der Waals surface area (Å²) < 4.78 is 1.34. The first kappa shape index (κ1) is 19.5. The summed E-state index contributed by atoms with van der Waals surface area (Å²) in [5.41, 5.74) is 6.95. The molecular formula is C22H24N4O2. The van der Waals surface area contributed by atoms with Crippen LogP contribution in [0, 0.1) is 20.8 Å². The summed E-state index contributed by atoms with van der Waals surface area (Å²) in [6.07, 6.45) is 2.38. The lowest BCUT2D eigenvalue weighted by Crippen LogP contribution is -2.29. The lowest BCUT2D eigenvalue weighted by atomic mass is 10.0. The molecule has 2 aromatic carbocycles. The van der Waals surface area contributed by atoms with Gasteiger partial charge in [0, 0.05) is 11.9 Å². The Labute approximate surface area is 163 Å². The summed E-state index contributed by atoms with van der Waals surface area (Å²) in [6, 6.07) is 11.1. The number of fused-ring (bicyclic) bond motifs is 1. The molecule has 0 bridgehead atoms. The number of aromatic nitrogens is 2. The van der Waals surface area contributed by atoms with Gasteiger partial charge in [0.25, 0.3) is 11.5 Å². The molecule has 0 aliphatic carbocycles. The van der Waals surface area contributed by atoms with E-state index in [1.807, 2.05) is 26.8 Å². The van der Waals surface area contributed by atoms with Crippen LogP contribution < -0.4 is 11.0 Å². The van der Waals surface area contributed by atoms with E-state index in [9.17, 15) is 9.59 Å². The predicted octanol–water partition coefficient (Wildman–Crippen LogP) is 3.50. The highest BCUT2D eigenvalue weighted by molar-refractivity contribution is 6.05. The second-order valence-corrected chi connectivity index (χ2v) is 6.91. The van der Waals surface area contributed by atoms with Crippen molar-refractivity contribution in [1.29, 1.82) is 0 Å². The van der Waals surface area contributed by atoms with Crippen LogP contribution in [0.15, 0.2) is 46.3 Å². The van der Waals surface area contributed by atoms with Gasteiger partial charge in [0.05, 0.1) is 11.6 Å². The van der Waals surface area contributed by atoms with Gasteiger partial charge in [-0.2, -0.15) is 10.2 Å². The third kappa shape index (κ3) is 3.86. The zero-order valence-electron chi connectivity index (χ0n) is 16.6. The van der Waals surface area contributed by atoms with Gasteiger partial charge in [-0.1, -0.05) is 31.2 Å².